The van der Waals surface area contributed by atoms with Gasteiger partial charge in [0.25, 0.3) is 0 Å². The van der Waals surface area contributed by atoms with Crippen LogP contribution in [0.25, 0.3) is 11.2 Å². The van der Waals surface area contributed by atoms with E-state index < -0.39 is 5.54 Å². The highest BCUT2D eigenvalue weighted by Gasteiger charge is 2.24. The van der Waals surface area contributed by atoms with Gasteiger partial charge in [0.1, 0.15) is 5.52 Å². The van der Waals surface area contributed by atoms with Gasteiger partial charge in [-0.05, 0) is 13.3 Å². The second kappa shape index (κ2) is 6.02. The first kappa shape index (κ1) is 14.5. The summed E-state index contributed by atoms with van der Waals surface area (Å²) in [7, 11) is 0. The number of aliphatic hydroxyl groups excluding tert-OH is 2. The van der Waals surface area contributed by atoms with Crippen LogP contribution in [0.15, 0.2) is 6.33 Å². The van der Waals surface area contributed by atoms with Crippen LogP contribution in [0.5, 0.6) is 0 Å². The first-order valence-electron chi connectivity index (χ1n) is 6.57. The number of nitrogens with one attached hydrogen (secondary N) is 3. The lowest BCUT2D eigenvalue weighted by Crippen LogP contribution is -2.42. The average Bonchev–Trinajstić information content (AvgIpc) is 2.93. The molecule has 0 aromatic carbocycles. The Labute approximate surface area is 116 Å². The summed E-state index contributed by atoms with van der Waals surface area (Å²) in [6.45, 7) is 4.07. The SMILES string of the molecule is CCCNc1nc(NC(C)(CO)CO)c2[nH]cnc2n1. The van der Waals surface area contributed by atoms with Crippen molar-refractivity contribution in [2.75, 3.05) is 30.4 Å². The molecule has 110 valence electrons. The molecule has 0 aliphatic carbocycles. The Morgan fingerprint density at radius 2 is 2.05 bits per heavy atom. The molecule has 2 aromatic rings. The molecule has 0 aliphatic rings. The third kappa shape index (κ3) is 2.97. The van der Waals surface area contributed by atoms with Crippen LogP contribution in [0.2, 0.25) is 0 Å². The summed E-state index contributed by atoms with van der Waals surface area (Å²) in [4.78, 5) is 15.7. The topological polar surface area (TPSA) is 119 Å². The Hall–Kier alpha value is -1.93. The van der Waals surface area contributed by atoms with Crippen LogP contribution in [0.1, 0.15) is 20.3 Å². The van der Waals surface area contributed by atoms with Gasteiger partial charge in [0.15, 0.2) is 11.5 Å². The van der Waals surface area contributed by atoms with E-state index in [0.717, 1.165) is 13.0 Å². The van der Waals surface area contributed by atoms with E-state index in [4.69, 9.17) is 0 Å². The second-order valence-corrected chi connectivity index (χ2v) is 4.93. The number of imidazole rings is 1. The predicted molar refractivity (Wildman–Crippen MR) is 76.7 cm³/mol. The molecule has 20 heavy (non-hydrogen) atoms. The van der Waals surface area contributed by atoms with E-state index in [9.17, 15) is 10.2 Å². The van der Waals surface area contributed by atoms with Gasteiger partial charge in [-0.2, -0.15) is 9.97 Å². The van der Waals surface area contributed by atoms with Gasteiger partial charge in [-0.15, -0.1) is 0 Å². The molecular formula is C12H20N6O2. The number of hydrogen-bond donors (Lipinski definition) is 5. The van der Waals surface area contributed by atoms with Crippen LogP contribution in [0.4, 0.5) is 11.8 Å². The summed E-state index contributed by atoms with van der Waals surface area (Å²) in [5.74, 6) is 0.962. The largest absolute Gasteiger partial charge is 0.394 e. The van der Waals surface area contributed by atoms with E-state index >= 15 is 0 Å². The van der Waals surface area contributed by atoms with Gasteiger partial charge in [0.2, 0.25) is 5.95 Å². The summed E-state index contributed by atoms with van der Waals surface area (Å²) in [6.07, 6.45) is 2.49. The molecule has 2 rings (SSSR count). The minimum atomic E-state index is -0.867. The molecule has 0 saturated carbocycles. The molecule has 0 atom stereocenters. The highest BCUT2D eigenvalue weighted by molar-refractivity contribution is 5.84. The average molecular weight is 280 g/mol. The number of aromatic amines is 1. The fraction of sp³-hybridized carbons (Fsp3) is 0.583. The number of hydrogen-bond acceptors (Lipinski definition) is 7. The van der Waals surface area contributed by atoms with Crippen LogP contribution >= 0.6 is 0 Å². The van der Waals surface area contributed by atoms with Gasteiger partial charge >= 0.3 is 0 Å². The molecule has 2 heterocycles. The van der Waals surface area contributed by atoms with Crippen LogP contribution in [0.3, 0.4) is 0 Å². The minimum Gasteiger partial charge on any atom is -0.394 e. The van der Waals surface area contributed by atoms with E-state index in [0.29, 0.717) is 22.9 Å². The Morgan fingerprint density at radius 3 is 2.70 bits per heavy atom. The number of anilines is 2. The van der Waals surface area contributed by atoms with E-state index in [1.165, 1.54) is 6.33 Å². The smallest absolute Gasteiger partial charge is 0.226 e. The normalized spacial score (nSPS) is 11.8. The summed E-state index contributed by atoms with van der Waals surface area (Å²) < 4.78 is 0. The molecule has 2 aromatic heterocycles. The van der Waals surface area contributed by atoms with Crippen molar-refractivity contribution in [3.05, 3.63) is 6.33 Å². The van der Waals surface area contributed by atoms with Gasteiger partial charge in [-0.3, -0.25) is 0 Å². The first-order chi connectivity index (χ1) is 9.61. The summed E-state index contributed by atoms with van der Waals surface area (Å²) in [5.41, 5.74) is 0.300. The third-order valence-corrected chi connectivity index (χ3v) is 2.94. The molecule has 0 radical (unpaired) electrons. The molecular weight excluding hydrogens is 260 g/mol. The molecule has 0 saturated heterocycles. The Morgan fingerprint density at radius 1 is 1.30 bits per heavy atom. The number of H-pyrrole nitrogens is 1. The van der Waals surface area contributed by atoms with Crippen molar-refractivity contribution >= 4 is 22.9 Å². The Balaban J connectivity index is 2.36. The highest BCUT2D eigenvalue weighted by Crippen LogP contribution is 2.22. The molecule has 5 N–H and O–H groups in total. The maximum absolute atomic E-state index is 9.37. The highest BCUT2D eigenvalue weighted by atomic mass is 16.3. The van der Waals surface area contributed by atoms with Crippen molar-refractivity contribution in [2.24, 2.45) is 0 Å². The van der Waals surface area contributed by atoms with Crippen molar-refractivity contribution in [2.45, 2.75) is 25.8 Å². The Kier molecular flexibility index (Phi) is 4.35. The second-order valence-electron chi connectivity index (χ2n) is 4.93. The minimum absolute atomic E-state index is 0.221. The van der Waals surface area contributed by atoms with E-state index in [2.05, 4.69) is 30.6 Å². The van der Waals surface area contributed by atoms with Gasteiger partial charge in [-0.1, -0.05) is 6.92 Å². The third-order valence-electron chi connectivity index (χ3n) is 2.94. The van der Waals surface area contributed by atoms with E-state index in [1.807, 2.05) is 6.92 Å². The zero-order chi connectivity index (χ0) is 14.6. The predicted octanol–water partition coefficient (Wildman–Crippen LogP) is 0.330. The molecule has 0 aliphatic heterocycles. The number of rotatable bonds is 7. The number of aliphatic hydroxyl groups is 2. The molecule has 0 fully saturated rings. The number of nitrogens with zero attached hydrogens (tertiary/aromatic N) is 3. The molecule has 0 bridgehead atoms. The maximum Gasteiger partial charge on any atom is 0.226 e. The molecule has 0 unspecified atom stereocenters. The van der Waals surface area contributed by atoms with Gasteiger partial charge in [0, 0.05) is 6.54 Å². The van der Waals surface area contributed by atoms with Gasteiger partial charge in [0.05, 0.1) is 25.1 Å². The quantitative estimate of drug-likeness (QED) is 0.496. The van der Waals surface area contributed by atoms with Crippen LogP contribution in [-0.4, -0.2) is 55.4 Å². The summed E-state index contributed by atoms with van der Waals surface area (Å²) in [6, 6.07) is 0. The van der Waals surface area contributed by atoms with E-state index in [-0.39, 0.29) is 13.2 Å². The van der Waals surface area contributed by atoms with Crippen LogP contribution in [-0.2, 0) is 0 Å². The fourth-order valence-electron chi connectivity index (χ4n) is 1.65. The Bertz CT molecular complexity index is 566. The molecule has 8 nitrogen and oxygen atoms in total. The van der Waals surface area contributed by atoms with Crippen LogP contribution in [0, 0.1) is 0 Å². The standard InChI is InChI=1S/C12H20N6O2/c1-3-4-13-11-16-9-8(14-7-15-9)10(17-11)18-12(2,5-19)6-20/h7,19-20H,3-6H2,1-2H3,(H3,13,14,15,16,17,18). The van der Waals surface area contributed by atoms with Crippen molar-refractivity contribution < 1.29 is 10.2 Å². The summed E-state index contributed by atoms with van der Waals surface area (Å²) in [5, 5.41) is 24.9. The zero-order valence-corrected chi connectivity index (χ0v) is 11.6. The van der Waals surface area contributed by atoms with Gasteiger partial charge < -0.3 is 25.8 Å². The van der Waals surface area contributed by atoms with Crippen LogP contribution < -0.4 is 10.6 Å². The van der Waals surface area contributed by atoms with Crippen molar-refractivity contribution in [3.63, 3.8) is 0 Å². The van der Waals surface area contributed by atoms with Crippen molar-refractivity contribution in [1.29, 1.82) is 0 Å². The zero-order valence-electron chi connectivity index (χ0n) is 11.6. The number of fused-ring (bicyclic) bond motifs is 1. The molecule has 8 heteroatoms. The maximum atomic E-state index is 9.37. The van der Waals surface area contributed by atoms with Gasteiger partial charge in [-0.25, -0.2) is 4.98 Å². The monoisotopic (exact) mass is 280 g/mol. The van der Waals surface area contributed by atoms with Crippen molar-refractivity contribution in [3.8, 4) is 0 Å². The number of aromatic nitrogens is 4. The summed E-state index contributed by atoms with van der Waals surface area (Å²) >= 11 is 0. The molecule has 0 amide bonds. The van der Waals surface area contributed by atoms with E-state index in [1.54, 1.807) is 6.92 Å². The lowest BCUT2D eigenvalue weighted by Gasteiger charge is -2.27. The lowest BCUT2D eigenvalue weighted by molar-refractivity contribution is 0.147. The fourth-order valence-corrected chi connectivity index (χ4v) is 1.65. The van der Waals surface area contributed by atoms with Crippen molar-refractivity contribution in [1.82, 2.24) is 19.9 Å². The first-order valence-corrected chi connectivity index (χ1v) is 6.57. The lowest BCUT2D eigenvalue weighted by atomic mass is 10.1. The molecule has 0 spiro atoms.